The quantitative estimate of drug-likeness (QED) is 0.114. The number of pyridine rings is 1. The highest BCUT2D eigenvalue weighted by Gasteiger charge is 2.49. The Balaban J connectivity index is 1.32. The summed E-state index contributed by atoms with van der Waals surface area (Å²) in [5, 5.41) is 2.70. The minimum Gasteiger partial charge on any atom is -0.322 e. The van der Waals surface area contributed by atoms with E-state index in [0.29, 0.717) is 22.5 Å². The maximum absolute atomic E-state index is 13.4. The van der Waals surface area contributed by atoms with Crippen LogP contribution in [0.15, 0.2) is 139 Å². The lowest BCUT2D eigenvalue weighted by molar-refractivity contribution is -0.141. The largest absolute Gasteiger partial charge is 0.406 e. The van der Waals surface area contributed by atoms with Gasteiger partial charge in [0.05, 0.1) is 12.0 Å². The second-order valence-electron chi connectivity index (χ2n) is 13.8. The molecule has 1 aliphatic rings. The molecule has 268 valence electrons. The zero-order valence-electron chi connectivity index (χ0n) is 29.2. The fourth-order valence-corrected chi connectivity index (χ4v) is 8.16. The molecule has 0 aliphatic heterocycles. The molecule has 1 aliphatic carbocycles. The van der Waals surface area contributed by atoms with E-state index in [4.69, 9.17) is 4.98 Å². The molecule has 0 radical (unpaired) electrons. The molecular formula is C43H37F3N4O3. The van der Waals surface area contributed by atoms with Crippen molar-refractivity contribution in [3.63, 3.8) is 0 Å². The molecule has 53 heavy (non-hydrogen) atoms. The normalized spacial score (nSPS) is 17.2. The van der Waals surface area contributed by atoms with Gasteiger partial charge in [-0.25, -0.2) is 4.98 Å². The summed E-state index contributed by atoms with van der Waals surface area (Å²) >= 11 is 0. The molecule has 2 aromatic heterocycles. The first-order valence-electron chi connectivity index (χ1n) is 17.4. The van der Waals surface area contributed by atoms with Gasteiger partial charge < -0.3 is 14.5 Å². The van der Waals surface area contributed by atoms with Crippen molar-refractivity contribution in [1.82, 2.24) is 14.1 Å². The molecule has 7 rings (SSSR count). The Morgan fingerprint density at radius 3 is 1.94 bits per heavy atom. The molecule has 6 aromatic rings. The zero-order chi connectivity index (χ0) is 37.4. The molecule has 1 fully saturated rings. The van der Waals surface area contributed by atoms with Crippen LogP contribution in [0.1, 0.15) is 74.1 Å². The minimum atomic E-state index is -4.73. The molecule has 0 spiro atoms. The Morgan fingerprint density at radius 1 is 0.868 bits per heavy atom. The van der Waals surface area contributed by atoms with Gasteiger partial charge >= 0.3 is 6.18 Å². The molecular weight excluding hydrogens is 677 g/mol. The summed E-state index contributed by atoms with van der Waals surface area (Å²) in [4.78, 5) is 43.1. The average molecular weight is 715 g/mol. The molecule has 2 heterocycles. The van der Waals surface area contributed by atoms with Gasteiger partial charge in [0.15, 0.2) is 6.29 Å². The Kier molecular flexibility index (Phi) is 9.24. The topological polar surface area (TPSA) is 86.0 Å². The number of halogens is 3. The highest BCUT2D eigenvalue weighted by atomic mass is 19.4. The van der Waals surface area contributed by atoms with Crippen molar-refractivity contribution >= 4 is 17.9 Å². The number of alkyl halides is 3. The third-order valence-electron chi connectivity index (χ3n) is 10.3. The summed E-state index contributed by atoms with van der Waals surface area (Å²) in [7, 11) is 0. The van der Waals surface area contributed by atoms with E-state index in [1.165, 1.54) is 0 Å². The predicted molar refractivity (Wildman–Crippen MR) is 197 cm³/mol. The van der Waals surface area contributed by atoms with Gasteiger partial charge in [0, 0.05) is 28.6 Å². The molecule has 0 saturated heterocycles. The van der Waals surface area contributed by atoms with Crippen molar-refractivity contribution in [2.45, 2.75) is 50.4 Å². The van der Waals surface area contributed by atoms with Gasteiger partial charge in [0.2, 0.25) is 0 Å². The molecule has 0 atom stereocenters. The third-order valence-corrected chi connectivity index (χ3v) is 10.3. The maximum Gasteiger partial charge on any atom is 0.406 e. The molecule has 1 amide bonds. The highest BCUT2D eigenvalue weighted by Crippen LogP contribution is 2.54. The van der Waals surface area contributed by atoms with E-state index in [2.05, 4.69) is 60.1 Å². The lowest BCUT2D eigenvalue weighted by Crippen LogP contribution is -2.43. The maximum atomic E-state index is 13.4. The Labute approximate surface area is 304 Å². The van der Waals surface area contributed by atoms with Gasteiger partial charge in [-0.2, -0.15) is 13.2 Å². The van der Waals surface area contributed by atoms with E-state index >= 15 is 0 Å². The fourth-order valence-electron chi connectivity index (χ4n) is 8.16. The van der Waals surface area contributed by atoms with E-state index in [1.54, 1.807) is 12.1 Å². The minimum absolute atomic E-state index is 0.223. The fraction of sp³-hybridized carbons (Fsp3) is 0.209. The number of anilines is 1. The van der Waals surface area contributed by atoms with Crippen molar-refractivity contribution in [2.24, 2.45) is 5.92 Å². The van der Waals surface area contributed by atoms with E-state index in [0.717, 1.165) is 58.7 Å². The Bertz CT molecular complexity index is 2230. The third kappa shape index (κ3) is 6.39. The number of nitrogens with zero attached hydrogens (tertiary/aromatic N) is 3. The summed E-state index contributed by atoms with van der Waals surface area (Å²) < 4.78 is 42.2. The number of carbonyl (C=O) groups excluding carboxylic acids is 2. The summed E-state index contributed by atoms with van der Waals surface area (Å²) in [6, 6.07) is 39.3. The SMILES string of the molecule is Cc1c(C2(c3cccc(NC(=O)c4cc(C=O)cn(CC(F)(F)F)c4=O)c3)CC(C)C2)ncn1C(c1ccccc1)(c1ccccc1)c1ccccc1. The van der Waals surface area contributed by atoms with Gasteiger partial charge in [-0.1, -0.05) is 110 Å². The standard InChI is InChI=1S/C43H37F3N4O3/c1-29-23-41(24-29,35-19-12-20-36(22-35)48-39(52)37-21-31(26-51)25-49(40(37)53)27-42(44,45)46)38-30(2)50(28-47-38)43(32-13-6-3-7-14-32,33-15-8-4-9-16-33)34-17-10-5-11-18-34/h3-22,25-26,28-29H,23-24,27H2,1-2H3,(H,48,52). The Morgan fingerprint density at radius 2 is 1.43 bits per heavy atom. The second-order valence-corrected chi connectivity index (χ2v) is 13.8. The van der Waals surface area contributed by atoms with Crippen molar-refractivity contribution in [1.29, 1.82) is 0 Å². The van der Waals surface area contributed by atoms with Crippen LogP contribution in [0.2, 0.25) is 0 Å². The smallest absolute Gasteiger partial charge is 0.322 e. The van der Waals surface area contributed by atoms with Crippen molar-refractivity contribution in [3.05, 3.63) is 189 Å². The number of carbonyl (C=O) groups is 2. The Hall–Kier alpha value is -6.03. The average Bonchev–Trinajstić information content (AvgIpc) is 3.53. The number of aromatic nitrogens is 3. The van der Waals surface area contributed by atoms with Gasteiger partial charge in [-0.15, -0.1) is 0 Å². The van der Waals surface area contributed by atoms with E-state index in [-0.39, 0.29) is 5.56 Å². The summed E-state index contributed by atoms with van der Waals surface area (Å²) in [6.07, 6.45) is -0.128. The molecule has 4 aromatic carbocycles. The second kappa shape index (κ2) is 13.8. The van der Waals surface area contributed by atoms with Crippen LogP contribution in [0, 0.1) is 12.8 Å². The van der Waals surface area contributed by atoms with Crippen LogP contribution in [-0.4, -0.2) is 32.5 Å². The first kappa shape index (κ1) is 35.4. The highest BCUT2D eigenvalue weighted by molar-refractivity contribution is 6.04. The number of imidazole rings is 1. The van der Waals surface area contributed by atoms with Crippen LogP contribution in [0.25, 0.3) is 0 Å². The molecule has 0 unspecified atom stereocenters. The van der Waals surface area contributed by atoms with Crippen LogP contribution in [-0.2, 0) is 17.5 Å². The van der Waals surface area contributed by atoms with E-state index in [9.17, 15) is 27.6 Å². The van der Waals surface area contributed by atoms with Crippen LogP contribution >= 0.6 is 0 Å². The molecule has 1 N–H and O–H groups in total. The number of benzene rings is 4. The molecule has 0 bridgehead atoms. The predicted octanol–water partition coefficient (Wildman–Crippen LogP) is 8.54. The monoisotopic (exact) mass is 714 g/mol. The van der Waals surface area contributed by atoms with Gasteiger partial charge in [-0.05, 0) is 66.1 Å². The van der Waals surface area contributed by atoms with Crippen LogP contribution in [0.3, 0.4) is 0 Å². The summed E-state index contributed by atoms with van der Waals surface area (Å²) in [5.41, 5.74) is 3.13. The van der Waals surface area contributed by atoms with Crippen LogP contribution < -0.4 is 10.9 Å². The van der Waals surface area contributed by atoms with E-state index < -0.39 is 40.7 Å². The summed E-state index contributed by atoms with van der Waals surface area (Å²) in [6.45, 7) is 2.65. The van der Waals surface area contributed by atoms with E-state index in [1.807, 2.05) is 73.1 Å². The lowest BCUT2D eigenvalue weighted by Gasteiger charge is -2.47. The van der Waals surface area contributed by atoms with Crippen LogP contribution in [0.5, 0.6) is 0 Å². The molecule has 10 heteroatoms. The zero-order valence-corrected chi connectivity index (χ0v) is 29.2. The number of nitrogens with one attached hydrogen (secondary N) is 1. The first-order chi connectivity index (χ1) is 25.5. The lowest BCUT2D eigenvalue weighted by atomic mass is 9.57. The van der Waals surface area contributed by atoms with Crippen LogP contribution in [0.4, 0.5) is 18.9 Å². The van der Waals surface area contributed by atoms with Crippen molar-refractivity contribution in [3.8, 4) is 0 Å². The number of rotatable bonds is 10. The van der Waals surface area contributed by atoms with Gasteiger partial charge in [0.1, 0.15) is 17.6 Å². The van der Waals surface area contributed by atoms with Gasteiger partial charge in [-0.3, -0.25) is 14.4 Å². The molecule has 7 nitrogen and oxygen atoms in total. The van der Waals surface area contributed by atoms with Gasteiger partial charge in [0.25, 0.3) is 11.5 Å². The summed E-state index contributed by atoms with van der Waals surface area (Å²) in [5.74, 6) is -0.528. The number of aldehydes is 1. The van der Waals surface area contributed by atoms with Crippen molar-refractivity contribution < 1.29 is 22.8 Å². The number of hydrogen-bond donors (Lipinski definition) is 1. The van der Waals surface area contributed by atoms with Crippen molar-refractivity contribution in [2.75, 3.05) is 5.32 Å². The molecule has 1 saturated carbocycles. The number of hydrogen-bond acceptors (Lipinski definition) is 4. The first-order valence-corrected chi connectivity index (χ1v) is 17.4. The number of amides is 1.